The number of carbonyl (C=O) groups is 3. The van der Waals surface area contributed by atoms with Crippen molar-refractivity contribution in [1.82, 2.24) is 0 Å². The molecule has 0 aromatic rings. The van der Waals surface area contributed by atoms with E-state index in [9.17, 15) is 14.4 Å². The third-order valence-electron chi connectivity index (χ3n) is 10.2. The molecule has 0 aliphatic carbocycles. The highest BCUT2D eigenvalue weighted by Crippen LogP contribution is 2.16. The highest BCUT2D eigenvalue weighted by Gasteiger charge is 2.19. The summed E-state index contributed by atoms with van der Waals surface area (Å²) < 4.78 is 16.7. The Kier molecular flexibility index (Phi) is 37.9. The lowest BCUT2D eigenvalue weighted by Crippen LogP contribution is -2.30. The first-order chi connectivity index (χ1) is 25.2. The van der Waals surface area contributed by atoms with Gasteiger partial charge in [0.25, 0.3) is 0 Å². The number of esters is 3. The molecule has 0 saturated carbocycles. The zero-order valence-electron chi connectivity index (χ0n) is 35.4. The fourth-order valence-corrected chi connectivity index (χ4v) is 6.75. The van der Waals surface area contributed by atoms with E-state index < -0.39 is 6.10 Å². The minimum Gasteiger partial charge on any atom is -0.462 e. The summed E-state index contributed by atoms with van der Waals surface area (Å²) in [7, 11) is 0. The van der Waals surface area contributed by atoms with Crippen molar-refractivity contribution in [3.8, 4) is 0 Å². The Bertz CT molecular complexity index is 794. The van der Waals surface area contributed by atoms with Crippen LogP contribution in [0.25, 0.3) is 0 Å². The highest BCUT2D eigenvalue weighted by atomic mass is 16.6. The van der Waals surface area contributed by atoms with Crippen LogP contribution in [-0.4, -0.2) is 37.2 Å². The van der Waals surface area contributed by atoms with Crippen LogP contribution < -0.4 is 0 Å². The summed E-state index contributed by atoms with van der Waals surface area (Å²) in [6, 6.07) is 0. The Labute approximate surface area is 323 Å². The molecule has 0 radical (unpaired) electrons. The van der Waals surface area contributed by atoms with Crippen molar-refractivity contribution in [2.45, 2.75) is 253 Å². The predicted octanol–water partition coefficient (Wildman–Crippen LogP) is 14.2. The summed E-state index contributed by atoms with van der Waals surface area (Å²) in [5, 5.41) is 0. The van der Waals surface area contributed by atoms with Crippen molar-refractivity contribution in [2.75, 3.05) is 13.2 Å². The molecule has 6 heteroatoms. The average molecular weight is 737 g/mol. The van der Waals surface area contributed by atoms with Gasteiger partial charge in [0.2, 0.25) is 0 Å². The molecule has 0 amide bonds. The van der Waals surface area contributed by atoms with Crippen molar-refractivity contribution < 1.29 is 28.6 Å². The molecule has 0 aromatic heterocycles. The van der Waals surface area contributed by atoms with Gasteiger partial charge >= 0.3 is 17.9 Å². The van der Waals surface area contributed by atoms with Crippen molar-refractivity contribution in [1.29, 1.82) is 0 Å². The Hall–Kier alpha value is -1.59. The summed E-state index contributed by atoms with van der Waals surface area (Å²) in [6.07, 6.45) is 36.7. The Morgan fingerprint density at radius 3 is 0.942 bits per heavy atom. The van der Waals surface area contributed by atoms with Gasteiger partial charge in [-0.2, -0.15) is 0 Å². The first-order valence-corrected chi connectivity index (χ1v) is 22.7. The molecule has 52 heavy (non-hydrogen) atoms. The lowest BCUT2D eigenvalue weighted by Gasteiger charge is -2.18. The van der Waals surface area contributed by atoms with E-state index in [4.69, 9.17) is 14.2 Å². The Balaban J connectivity index is 4.24. The van der Waals surface area contributed by atoms with Crippen LogP contribution in [0.3, 0.4) is 0 Å². The van der Waals surface area contributed by atoms with Gasteiger partial charge in [-0.3, -0.25) is 14.4 Å². The number of unbranched alkanes of at least 4 members (excludes halogenated alkanes) is 25. The largest absolute Gasteiger partial charge is 0.462 e. The summed E-state index contributed by atoms with van der Waals surface area (Å²) >= 11 is 0. The van der Waals surface area contributed by atoms with Gasteiger partial charge < -0.3 is 14.2 Å². The summed E-state index contributed by atoms with van der Waals surface area (Å²) in [6.45, 7) is 11.3. The Morgan fingerprint density at radius 2 is 0.635 bits per heavy atom. The number of hydrogen-bond acceptors (Lipinski definition) is 6. The van der Waals surface area contributed by atoms with E-state index in [-0.39, 0.29) is 31.1 Å². The molecule has 0 N–H and O–H groups in total. The van der Waals surface area contributed by atoms with Gasteiger partial charge in [-0.1, -0.05) is 208 Å². The van der Waals surface area contributed by atoms with Gasteiger partial charge in [0.15, 0.2) is 6.10 Å². The smallest absolute Gasteiger partial charge is 0.306 e. The van der Waals surface area contributed by atoms with Gasteiger partial charge in [-0.25, -0.2) is 0 Å². The lowest BCUT2D eigenvalue weighted by atomic mass is 10.0. The van der Waals surface area contributed by atoms with Gasteiger partial charge in [-0.15, -0.1) is 0 Å². The van der Waals surface area contributed by atoms with Crippen LogP contribution in [-0.2, 0) is 28.6 Å². The molecular formula is C46H88O6. The predicted molar refractivity (Wildman–Crippen MR) is 220 cm³/mol. The highest BCUT2D eigenvalue weighted by molar-refractivity contribution is 5.71. The van der Waals surface area contributed by atoms with Crippen molar-refractivity contribution in [2.24, 2.45) is 11.8 Å². The van der Waals surface area contributed by atoms with Crippen LogP contribution in [0.2, 0.25) is 0 Å². The fraction of sp³-hybridized carbons (Fsp3) is 0.935. The van der Waals surface area contributed by atoms with Crippen LogP contribution in [0, 0.1) is 11.8 Å². The second-order valence-corrected chi connectivity index (χ2v) is 16.6. The van der Waals surface area contributed by atoms with Crippen LogP contribution in [0.15, 0.2) is 0 Å². The van der Waals surface area contributed by atoms with Crippen molar-refractivity contribution in [3.63, 3.8) is 0 Å². The van der Waals surface area contributed by atoms with Gasteiger partial charge in [-0.05, 0) is 31.1 Å². The van der Waals surface area contributed by atoms with Gasteiger partial charge in [0.05, 0.1) is 0 Å². The molecule has 0 aliphatic rings. The van der Waals surface area contributed by atoms with Crippen LogP contribution in [0.4, 0.5) is 0 Å². The van der Waals surface area contributed by atoms with E-state index >= 15 is 0 Å². The van der Waals surface area contributed by atoms with E-state index in [1.807, 2.05) is 0 Å². The summed E-state index contributed by atoms with van der Waals surface area (Å²) in [5.41, 5.74) is 0. The molecule has 0 spiro atoms. The zero-order valence-corrected chi connectivity index (χ0v) is 35.4. The molecule has 0 bridgehead atoms. The standard InChI is InChI=1S/C46H88O6/c1-6-7-8-9-19-28-33-38-46(49)52-43(40-51-45(48)37-32-27-23-18-14-13-16-21-25-30-35-42(4)5)39-50-44(47)36-31-26-22-17-12-10-11-15-20-24-29-34-41(2)3/h41-43H,6-40H2,1-5H3/t43-/m0/s1. The third kappa shape index (κ3) is 39.6. The van der Waals surface area contributed by atoms with E-state index in [2.05, 4.69) is 34.6 Å². The molecule has 6 nitrogen and oxygen atoms in total. The molecule has 0 unspecified atom stereocenters. The van der Waals surface area contributed by atoms with Crippen molar-refractivity contribution >= 4 is 17.9 Å². The molecule has 1 atom stereocenters. The van der Waals surface area contributed by atoms with Crippen LogP contribution >= 0.6 is 0 Å². The maximum Gasteiger partial charge on any atom is 0.306 e. The minimum atomic E-state index is -0.759. The summed E-state index contributed by atoms with van der Waals surface area (Å²) in [4.78, 5) is 37.6. The maximum atomic E-state index is 12.6. The number of ether oxygens (including phenoxy) is 3. The topological polar surface area (TPSA) is 78.9 Å². The van der Waals surface area contributed by atoms with Crippen LogP contribution in [0.5, 0.6) is 0 Å². The minimum absolute atomic E-state index is 0.0654. The van der Waals surface area contributed by atoms with Crippen molar-refractivity contribution in [3.05, 3.63) is 0 Å². The molecule has 0 heterocycles. The van der Waals surface area contributed by atoms with Crippen LogP contribution in [0.1, 0.15) is 247 Å². The zero-order chi connectivity index (χ0) is 38.3. The lowest BCUT2D eigenvalue weighted by molar-refractivity contribution is -0.167. The van der Waals surface area contributed by atoms with E-state index in [0.29, 0.717) is 19.3 Å². The maximum absolute atomic E-state index is 12.6. The molecule has 0 aliphatic heterocycles. The second-order valence-electron chi connectivity index (χ2n) is 16.6. The summed E-state index contributed by atoms with van der Waals surface area (Å²) in [5.74, 6) is 0.781. The van der Waals surface area contributed by atoms with E-state index in [1.165, 1.54) is 135 Å². The first kappa shape index (κ1) is 50.4. The second kappa shape index (κ2) is 39.1. The normalized spacial score (nSPS) is 12.1. The molecule has 308 valence electrons. The molecule has 0 fully saturated rings. The molecule has 0 saturated heterocycles. The average Bonchev–Trinajstić information content (AvgIpc) is 3.11. The Morgan fingerprint density at radius 1 is 0.365 bits per heavy atom. The monoisotopic (exact) mass is 737 g/mol. The molecular weight excluding hydrogens is 649 g/mol. The first-order valence-electron chi connectivity index (χ1n) is 22.7. The number of hydrogen-bond donors (Lipinski definition) is 0. The fourth-order valence-electron chi connectivity index (χ4n) is 6.75. The SMILES string of the molecule is CCCCCCCCCC(=O)O[C@@H](COC(=O)CCCCCCCCCCCCCC(C)C)COC(=O)CCCCCCCCCCCCC(C)C. The number of rotatable bonds is 40. The van der Waals surface area contributed by atoms with E-state index in [0.717, 1.165) is 69.6 Å². The van der Waals surface area contributed by atoms with Gasteiger partial charge in [0.1, 0.15) is 13.2 Å². The molecule has 0 aromatic carbocycles. The van der Waals surface area contributed by atoms with E-state index in [1.54, 1.807) is 0 Å². The molecule has 0 rings (SSSR count). The third-order valence-corrected chi connectivity index (χ3v) is 10.2. The quantitative estimate of drug-likeness (QED) is 0.0354. The van der Waals surface area contributed by atoms with Gasteiger partial charge in [0, 0.05) is 19.3 Å². The number of carbonyl (C=O) groups excluding carboxylic acids is 3.